The molecule has 0 unspecified atom stereocenters. The summed E-state index contributed by atoms with van der Waals surface area (Å²) in [5.74, 6) is 0. The molecule has 1 aliphatic rings. The number of hydrogen-bond acceptors (Lipinski definition) is 2. The Morgan fingerprint density at radius 3 is 2.22 bits per heavy atom. The third kappa shape index (κ3) is 2.90. The lowest BCUT2D eigenvalue weighted by atomic mass is 10.0. The van der Waals surface area contributed by atoms with Gasteiger partial charge in [-0.1, -0.05) is 65.3 Å². The van der Waals surface area contributed by atoms with Crippen LogP contribution in [0, 0.1) is 0 Å². The minimum Gasteiger partial charge on any atom is -0.247 e. The zero-order valence-corrected chi connectivity index (χ0v) is 14.3. The minimum absolute atomic E-state index is 0.685. The van der Waals surface area contributed by atoms with Crippen molar-refractivity contribution in [2.75, 3.05) is 0 Å². The Morgan fingerprint density at radius 1 is 0.739 bits per heavy atom. The van der Waals surface area contributed by atoms with Crippen molar-refractivity contribution in [2.45, 2.75) is 9.79 Å². The van der Waals surface area contributed by atoms with Crippen molar-refractivity contribution in [3.05, 3.63) is 87.9 Å². The molecule has 0 fully saturated rings. The first-order valence-corrected chi connectivity index (χ1v) is 8.69. The average Bonchev–Trinajstić information content (AvgIpc) is 2.72. The highest BCUT2D eigenvalue weighted by Crippen LogP contribution is 2.42. The molecule has 0 aliphatic carbocycles. The van der Waals surface area contributed by atoms with Crippen LogP contribution in [0.5, 0.6) is 0 Å². The van der Waals surface area contributed by atoms with E-state index in [0.717, 1.165) is 32.3 Å². The number of aliphatic imine (C=N–C) groups is 1. The highest BCUT2D eigenvalue weighted by atomic mass is 35.5. The van der Waals surface area contributed by atoms with E-state index in [0.29, 0.717) is 10.0 Å². The fourth-order valence-electron chi connectivity index (χ4n) is 2.56. The van der Waals surface area contributed by atoms with Gasteiger partial charge in [0, 0.05) is 31.0 Å². The summed E-state index contributed by atoms with van der Waals surface area (Å²) in [5, 5.41) is 1.39. The number of hydrogen-bond donors (Lipinski definition) is 0. The van der Waals surface area contributed by atoms with Crippen LogP contribution in [0.2, 0.25) is 10.0 Å². The van der Waals surface area contributed by atoms with Crippen LogP contribution in [0.3, 0.4) is 0 Å². The first-order valence-electron chi connectivity index (χ1n) is 7.12. The molecule has 0 aromatic heterocycles. The molecule has 3 aromatic carbocycles. The predicted octanol–water partition coefficient (Wildman–Crippen LogP) is 6.63. The summed E-state index contributed by atoms with van der Waals surface area (Å²) in [6, 6.07) is 21.9. The van der Waals surface area contributed by atoms with Crippen molar-refractivity contribution in [2.24, 2.45) is 4.99 Å². The summed E-state index contributed by atoms with van der Waals surface area (Å²) < 4.78 is 0. The zero-order chi connectivity index (χ0) is 15.8. The molecule has 0 amide bonds. The molecule has 0 radical (unpaired) electrons. The summed E-state index contributed by atoms with van der Waals surface area (Å²) in [7, 11) is 0. The van der Waals surface area contributed by atoms with Crippen molar-refractivity contribution in [1.29, 1.82) is 0 Å². The Hall–Kier alpha value is -1.74. The minimum atomic E-state index is 0.685. The Labute approximate surface area is 149 Å². The summed E-state index contributed by atoms with van der Waals surface area (Å²) in [6.07, 6.45) is 0. The van der Waals surface area contributed by atoms with E-state index in [9.17, 15) is 0 Å². The molecule has 1 heterocycles. The number of rotatable bonds is 1. The smallest absolute Gasteiger partial charge is 0.0793 e. The molecule has 3 aromatic rings. The van der Waals surface area contributed by atoms with Crippen LogP contribution >= 0.6 is 35.0 Å². The van der Waals surface area contributed by atoms with Gasteiger partial charge in [0.25, 0.3) is 0 Å². The molecular weight excluding hydrogens is 345 g/mol. The van der Waals surface area contributed by atoms with E-state index >= 15 is 0 Å². The van der Waals surface area contributed by atoms with Crippen molar-refractivity contribution >= 4 is 46.4 Å². The fraction of sp³-hybridized carbons (Fsp3) is 0. The summed E-state index contributed by atoms with van der Waals surface area (Å²) in [6.45, 7) is 0. The molecule has 23 heavy (non-hydrogen) atoms. The zero-order valence-electron chi connectivity index (χ0n) is 12.0. The Kier molecular flexibility index (Phi) is 3.90. The molecular formula is C19H11Cl2NS. The standard InChI is InChI=1S/C19H11Cl2NS/c20-13-6-8-17-15(10-13)19(12-4-2-1-3-5-12)22-16-11-14(21)7-9-18(16)23-17/h1-11H. The quantitative estimate of drug-likeness (QED) is 0.373. The molecule has 1 nitrogen and oxygen atoms in total. The van der Waals surface area contributed by atoms with Crippen LogP contribution in [0.1, 0.15) is 11.1 Å². The van der Waals surface area contributed by atoms with Crippen molar-refractivity contribution in [3.63, 3.8) is 0 Å². The molecule has 1 aliphatic heterocycles. The molecule has 0 spiro atoms. The van der Waals surface area contributed by atoms with Gasteiger partial charge < -0.3 is 0 Å². The predicted molar refractivity (Wildman–Crippen MR) is 98.8 cm³/mol. The first kappa shape index (κ1) is 14.8. The van der Waals surface area contributed by atoms with Crippen LogP contribution in [-0.2, 0) is 0 Å². The number of fused-ring (bicyclic) bond motifs is 2. The van der Waals surface area contributed by atoms with Gasteiger partial charge in [0.2, 0.25) is 0 Å². The number of benzene rings is 3. The maximum Gasteiger partial charge on any atom is 0.0793 e. The largest absolute Gasteiger partial charge is 0.247 e. The molecule has 4 heteroatoms. The van der Waals surface area contributed by atoms with Crippen LogP contribution in [0.4, 0.5) is 5.69 Å². The molecule has 0 N–H and O–H groups in total. The van der Waals surface area contributed by atoms with E-state index in [2.05, 4.69) is 12.1 Å². The van der Waals surface area contributed by atoms with Gasteiger partial charge in [-0.15, -0.1) is 0 Å². The Bertz CT molecular complexity index is 920. The molecule has 0 bridgehead atoms. The second-order valence-corrected chi connectivity index (χ2v) is 7.14. The average molecular weight is 356 g/mol. The highest BCUT2D eigenvalue weighted by Gasteiger charge is 2.19. The van der Waals surface area contributed by atoms with E-state index in [1.165, 1.54) is 0 Å². The molecule has 112 valence electrons. The summed E-state index contributed by atoms with van der Waals surface area (Å²) in [4.78, 5) is 7.13. The Morgan fingerprint density at radius 2 is 1.43 bits per heavy atom. The highest BCUT2D eigenvalue weighted by molar-refractivity contribution is 7.99. The summed E-state index contributed by atoms with van der Waals surface area (Å²) >= 11 is 14.1. The monoisotopic (exact) mass is 355 g/mol. The number of halogens is 2. The molecule has 0 saturated heterocycles. The van der Waals surface area contributed by atoms with Crippen LogP contribution < -0.4 is 0 Å². The van der Waals surface area contributed by atoms with E-state index < -0.39 is 0 Å². The van der Waals surface area contributed by atoms with Crippen LogP contribution in [-0.4, -0.2) is 5.71 Å². The Balaban J connectivity index is 2.02. The van der Waals surface area contributed by atoms with E-state index in [-0.39, 0.29) is 0 Å². The van der Waals surface area contributed by atoms with Gasteiger partial charge in [0.1, 0.15) is 0 Å². The number of nitrogens with zero attached hydrogens (tertiary/aromatic N) is 1. The van der Waals surface area contributed by atoms with Crippen molar-refractivity contribution < 1.29 is 0 Å². The maximum atomic E-state index is 6.23. The molecule has 4 rings (SSSR count). The molecule has 0 atom stereocenters. The lowest BCUT2D eigenvalue weighted by Gasteiger charge is -2.09. The van der Waals surface area contributed by atoms with E-state index in [1.807, 2.05) is 54.6 Å². The topological polar surface area (TPSA) is 12.4 Å². The first-order chi connectivity index (χ1) is 11.2. The summed E-state index contributed by atoms with van der Waals surface area (Å²) in [5.41, 5.74) is 3.90. The third-order valence-electron chi connectivity index (χ3n) is 3.62. The van der Waals surface area contributed by atoms with Gasteiger partial charge >= 0.3 is 0 Å². The maximum absolute atomic E-state index is 6.23. The van der Waals surface area contributed by atoms with E-state index in [1.54, 1.807) is 11.8 Å². The van der Waals surface area contributed by atoms with Gasteiger partial charge in [-0.2, -0.15) is 0 Å². The van der Waals surface area contributed by atoms with Gasteiger partial charge in [0.05, 0.1) is 11.4 Å². The van der Waals surface area contributed by atoms with Crippen molar-refractivity contribution in [1.82, 2.24) is 0 Å². The van der Waals surface area contributed by atoms with Gasteiger partial charge in [-0.25, -0.2) is 4.99 Å². The van der Waals surface area contributed by atoms with Crippen molar-refractivity contribution in [3.8, 4) is 0 Å². The molecule has 0 saturated carbocycles. The van der Waals surface area contributed by atoms with Gasteiger partial charge in [0.15, 0.2) is 0 Å². The normalized spacial score (nSPS) is 12.9. The van der Waals surface area contributed by atoms with Gasteiger partial charge in [-0.3, -0.25) is 0 Å². The van der Waals surface area contributed by atoms with Gasteiger partial charge in [-0.05, 0) is 36.4 Å². The fourth-order valence-corrected chi connectivity index (χ4v) is 3.88. The van der Waals surface area contributed by atoms with Crippen LogP contribution in [0.25, 0.3) is 0 Å². The lowest BCUT2D eigenvalue weighted by molar-refractivity contribution is 1.38. The third-order valence-corrected chi connectivity index (χ3v) is 5.23. The van der Waals surface area contributed by atoms with Crippen LogP contribution in [0.15, 0.2) is 81.5 Å². The second-order valence-electron chi connectivity index (χ2n) is 5.18. The second kappa shape index (κ2) is 6.04. The van der Waals surface area contributed by atoms with E-state index in [4.69, 9.17) is 28.2 Å². The SMILES string of the molecule is Clc1ccc2c(c1)N=C(c1ccccc1)c1cc(Cl)ccc1S2. The lowest BCUT2D eigenvalue weighted by Crippen LogP contribution is -2.03.